The fraction of sp³-hybridized carbons (Fsp3) is 0.722. The van der Waals surface area contributed by atoms with Gasteiger partial charge in [-0.1, -0.05) is 39.7 Å². The van der Waals surface area contributed by atoms with E-state index in [4.69, 9.17) is 14.9 Å². The highest BCUT2D eigenvalue weighted by atomic mass is 16.5. The van der Waals surface area contributed by atoms with E-state index >= 15 is 0 Å². The zero-order valence-electron chi connectivity index (χ0n) is 14.7. The van der Waals surface area contributed by atoms with E-state index < -0.39 is 23.8 Å². The molecule has 1 saturated carbocycles. The van der Waals surface area contributed by atoms with Crippen LogP contribution in [-0.4, -0.2) is 34.7 Å². The maximum Gasteiger partial charge on any atom is 0.330 e. The maximum atomic E-state index is 10.6. The average molecular weight is 342 g/mol. The molecule has 1 rings (SSSR count). The Balaban J connectivity index is 0.000000441. The highest BCUT2D eigenvalue weighted by Gasteiger charge is 2.35. The van der Waals surface area contributed by atoms with E-state index in [1.807, 2.05) is 0 Å². The van der Waals surface area contributed by atoms with Gasteiger partial charge in [0.1, 0.15) is 0 Å². The van der Waals surface area contributed by atoms with Gasteiger partial charge < -0.3 is 14.9 Å². The smallest absolute Gasteiger partial charge is 0.330 e. The van der Waals surface area contributed by atoms with Gasteiger partial charge in [-0.05, 0) is 31.6 Å². The summed E-state index contributed by atoms with van der Waals surface area (Å²) in [7, 11) is 0. The Kier molecular flexibility index (Phi) is 11.6. The summed E-state index contributed by atoms with van der Waals surface area (Å²) in [4.78, 5) is 31.8. The summed E-state index contributed by atoms with van der Waals surface area (Å²) in [5, 5.41) is 17.4. The third-order valence-electron chi connectivity index (χ3n) is 3.99. The minimum atomic E-state index is -0.970. The maximum absolute atomic E-state index is 10.6. The molecule has 0 amide bonds. The number of carboxylic acid groups (broad SMARTS) is 2. The molecule has 0 radical (unpaired) electrons. The minimum absolute atomic E-state index is 0.320. The Labute approximate surface area is 143 Å². The number of ether oxygens (including phenoxy) is 1. The predicted molar refractivity (Wildman–Crippen MR) is 90.6 cm³/mol. The first-order valence-electron chi connectivity index (χ1n) is 8.54. The van der Waals surface area contributed by atoms with Gasteiger partial charge in [-0.25, -0.2) is 4.79 Å². The van der Waals surface area contributed by atoms with Gasteiger partial charge in [0.05, 0.1) is 18.4 Å². The van der Waals surface area contributed by atoms with E-state index in [0.29, 0.717) is 19.4 Å². The van der Waals surface area contributed by atoms with Gasteiger partial charge in [-0.15, -0.1) is 0 Å². The fourth-order valence-corrected chi connectivity index (χ4v) is 2.61. The van der Waals surface area contributed by atoms with E-state index in [-0.39, 0.29) is 5.97 Å². The summed E-state index contributed by atoms with van der Waals surface area (Å²) in [6.07, 6.45) is 7.16. The molecule has 0 saturated heterocycles. The summed E-state index contributed by atoms with van der Waals surface area (Å²) < 4.78 is 4.82. The average Bonchev–Trinajstić information content (AvgIpc) is 2.54. The molecule has 2 N–H and O–H groups in total. The van der Waals surface area contributed by atoms with Crippen molar-refractivity contribution >= 4 is 17.9 Å². The molecule has 0 heterocycles. The lowest BCUT2D eigenvalue weighted by Gasteiger charge is -2.24. The van der Waals surface area contributed by atoms with E-state index in [1.165, 1.54) is 12.5 Å². The van der Waals surface area contributed by atoms with Crippen molar-refractivity contribution in [3.05, 3.63) is 12.7 Å². The van der Waals surface area contributed by atoms with Crippen LogP contribution < -0.4 is 0 Å². The first kappa shape index (κ1) is 22.1. The highest BCUT2D eigenvalue weighted by Crippen LogP contribution is 2.30. The standard InChI is InChI=1S/C10H18O2.C8H12O4/c1-4-10(11)12-8-6-5-7-9(2)3;9-7(10)5-3-1-2-4-6(5)8(11)12/h4,9H,1,5-8H2,2-3H3;5-6H,1-4H2,(H,9,10)(H,11,12). The third-order valence-corrected chi connectivity index (χ3v) is 3.99. The molecule has 1 aliphatic rings. The van der Waals surface area contributed by atoms with Crippen LogP contribution >= 0.6 is 0 Å². The summed E-state index contributed by atoms with van der Waals surface area (Å²) in [5.74, 6) is -2.86. The Bertz CT molecular complexity index is 394. The van der Waals surface area contributed by atoms with Crippen molar-refractivity contribution in [1.29, 1.82) is 0 Å². The second-order valence-corrected chi connectivity index (χ2v) is 6.44. The van der Waals surface area contributed by atoms with Crippen LogP contribution in [0.3, 0.4) is 0 Å². The Hall–Kier alpha value is -1.85. The molecule has 1 aliphatic carbocycles. The topological polar surface area (TPSA) is 101 Å². The number of esters is 1. The van der Waals surface area contributed by atoms with Gasteiger partial charge in [0.25, 0.3) is 0 Å². The lowest BCUT2D eigenvalue weighted by molar-refractivity contribution is -0.155. The predicted octanol–water partition coefficient (Wildman–Crippen LogP) is 3.50. The number of carbonyl (C=O) groups is 3. The van der Waals surface area contributed by atoms with Crippen molar-refractivity contribution in [2.45, 2.75) is 58.8 Å². The summed E-state index contributed by atoms with van der Waals surface area (Å²) >= 11 is 0. The zero-order chi connectivity index (χ0) is 18.5. The molecule has 138 valence electrons. The van der Waals surface area contributed by atoms with Crippen LogP contribution in [0.1, 0.15) is 58.8 Å². The summed E-state index contributed by atoms with van der Waals surface area (Å²) in [6.45, 7) is 8.22. The van der Waals surface area contributed by atoms with Crippen molar-refractivity contribution < 1.29 is 29.3 Å². The van der Waals surface area contributed by atoms with Crippen LogP contribution in [-0.2, 0) is 19.1 Å². The number of rotatable bonds is 8. The molecular formula is C18H30O6. The molecule has 2 atom stereocenters. The molecule has 0 aliphatic heterocycles. The lowest BCUT2D eigenvalue weighted by Crippen LogP contribution is -2.32. The van der Waals surface area contributed by atoms with Crippen LogP contribution in [0, 0.1) is 17.8 Å². The summed E-state index contributed by atoms with van der Waals surface area (Å²) in [6, 6.07) is 0. The zero-order valence-corrected chi connectivity index (χ0v) is 14.7. The van der Waals surface area contributed by atoms with Crippen molar-refractivity contribution in [3.63, 3.8) is 0 Å². The number of unbranched alkanes of at least 4 members (excludes halogenated alkanes) is 1. The second kappa shape index (κ2) is 12.6. The van der Waals surface area contributed by atoms with E-state index in [0.717, 1.165) is 31.6 Å². The number of carbonyl (C=O) groups excluding carboxylic acids is 1. The number of aliphatic carboxylic acids is 2. The molecule has 24 heavy (non-hydrogen) atoms. The van der Waals surface area contributed by atoms with Crippen LogP contribution in [0.15, 0.2) is 12.7 Å². The minimum Gasteiger partial charge on any atom is -0.481 e. The normalized spacial score (nSPS) is 19.8. The van der Waals surface area contributed by atoms with Crippen LogP contribution in [0.5, 0.6) is 0 Å². The van der Waals surface area contributed by atoms with Crippen molar-refractivity contribution in [2.24, 2.45) is 17.8 Å². The molecular weight excluding hydrogens is 312 g/mol. The van der Waals surface area contributed by atoms with Crippen LogP contribution in [0.4, 0.5) is 0 Å². The molecule has 0 aromatic carbocycles. The van der Waals surface area contributed by atoms with Gasteiger partial charge in [-0.3, -0.25) is 9.59 Å². The van der Waals surface area contributed by atoms with Gasteiger partial charge in [0, 0.05) is 6.08 Å². The molecule has 0 aromatic rings. The van der Waals surface area contributed by atoms with E-state index in [1.54, 1.807) is 0 Å². The van der Waals surface area contributed by atoms with Crippen molar-refractivity contribution in [1.82, 2.24) is 0 Å². The van der Waals surface area contributed by atoms with Gasteiger partial charge in [-0.2, -0.15) is 0 Å². The third kappa shape index (κ3) is 10.0. The van der Waals surface area contributed by atoms with E-state index in [9.17, 15) is 14.4 Å². The SMILES string of the molecule is C=CC(=O)OCCCCC(C)C.O=C(O)C1CCCCC1C(=O)O. The Morgan fingerprint density at radius 3 is 1.96 bits per heavy atom. The largest absolute Gasteiger partial charge is 0.481 e. The quantitative estimate of drug-likeness (QED) is 0.398. The van der Waals surface area contributed by atoms with Gasteiger partial charge >= 0.3 is 17.9 Å². The molecule has 6 nitrogen and oxygen atoms in total. The molecule has 0 aromatic heterocycles. The van der Waals surface area contributed by atoms with Gasteiger partial charge in [0.15, 0.2) is 0 Å². The molecule has 6 heteroatoms. The molecule has 0 bridgehead atoms. The fourth-order valence-electron chi connectivity index (χ4n) is 2.61. The van der Waals surface area contributed by atoms with Gasteiger partial charge in [0.2, 0.25) is 0 Å². The lowest BCUT2D eigenvalue weighted by atomic mass is 9.79. The molecule has 2 unspecified atom stereocenters. The van der Waals surface area contributed by atoms with E-state index in [2.05, 4.69) is 20.4 Å². The Morgan fingerprint density at radius 2 is 1.58 bits per heavy atom. The molecule has 1 fully saturated rings. The summed E-state index contributed by atoms with van der Waals surface area (Å²) in [5.41, 5.74) is 0. The van der Waals surface area contributed by atoms with Crippen LogP contribution in [0.25, 0.3) is 0 Å². The molecule has 0 spiro atoms. The monoisotopic (exact) mass is 342 g/mol. The number of hydrogen-bond donors (Lipinski definition) is 2. The van der Waals surface area contributed by atoms with Crippen molar-refractivity contribution in [3.8, 4) is 0 Å². The highest BCUT2D eigenvalue weighted by molar-refractivity contribution is 5.81. The Morgan fingerprint density at radius 1 is 1.08 bits per heavy atom. The second-order valence-electron chi connectivity index (χ2n) is 6.44. The number of carboxylic acids is 2. The van der Waals surface area contributed by atoms with Crippen molar-refractivity contribution in [2.75, 3.05) is 6.61 Å². The van der Waals surface area contributed by atoms with Crippen LogP contribution in [0.2, 0.25) is 0 Å². The first-order valence-corrected chi connectivity index (χ1v) is 8.54. The first-order chi connectivity index (χ1) is 11.3. The number of hydrogen-bond acceptors (Lipinski definition) is 4.